The third-order valence-electron chi connectivity index (χ3n) is 4.54. The van der Waals surface area contributed by atoms with Crippen LogP contribution >= 0.6 is 0 Å². The number of likely N-dealkylation sites (tertiary alicyclic amines) is 1. The Morgan fingerprint density at radius 3 is 2.78 bits per heavy atom. The molecule has 0 spiro atoms. The van der Waals surface area contributed by atoms with Crippen molar-refractivity contribution in [2.24, 2.45) is 0 Å². The van der Waals surface area contributed by atoms with Gasteiger partial charge in [-0.15, -0.1) is 0 Å². The van der Waals surface area contributed by atoms with Crippen molar-refractivity contribution in [3.8, 4) is 0 Å². The van der Waals surface area contributed by atoms with Crippen LogP contribution in [0.3, 0.4) is 0 Å². The van der Waals surface area contributed by atoms with E-state index in [0.717, 1.165) is 13.0 Å². The first kappa shape index (κ1) is 18.1. The Morgan fingerprint density at radius 2 is 2.13 bits per heavy atom. The van der Waals surface area contributed by atoms with E-state index in [0.29, 0.717) is 18.2 Å². The number of benzene rings is 1. The summed E-state index contributed by atoms with van der Waals surface area (Å²) in [6.45, 7) is 7.07. The van der Waals surface area contributed by atoms with E-state index in [1.807, 2.05) is 0 Å². The molecule has 1 aromatic carbocycles. The lowest BCUT2D eigenvalue weighted by molar-refractivity contribution is 0.101. The molecule has 0 aromatic heterocycles. The Labute approximate surface area is 139 Å². The first-order chi connectivity index (χ1) is 10.8. The zero-order valence-electron chi connectivity index (χ0n) is 14.1. The number of hydrogen-bond acceptors (Lipinski definition) is 4. The highest BCUT2D eigenvalue weighted by atomic mass is 32.2. The first-order valence-electron chi connectivity index (χ1n) is 8.17. The monoisotopic (exact) mass is 338 g/mol. The third kappa shape index (κ3) is 4.62. The van der Waals surface area contributed by atoms with Gasteiger partial charge in [-0.3, -0.25) is 9.69 Å². The fraction of sp³-hybridized carbons (Fsp3) is 0.588. The minimum atomic E-state index is -3.60. The number of hydrogen-bond donors (Lipinski definition) is 1. The van der Waals surface area contributed by atoms with Crippen LogP contribution in [0.25, 0.3) is 0 Å². The van der Waals surface area contributed by atoms with E-state index in [4.69, 9.17) is 0 Å². The molecule has 5 nitrogen and oxygen atoms in total. The van der Waals surface area contributed by atoms with Gasteiger partial charge in [-0.25, -0.2) is 13.1 Å². The van der Waals surface area contributed by atoms with Gasteiger partial charge in [0.2, 0.25) is 10.0 Å². The van der Waals surface area contributed by atoms with Crippen LogP contribution < -0.4 is 4.72 Å². The lowest BCUT2D eigenvalue weighted by Crippen LogP contribution is -2.48. The van der Waals surface area contributed by atoms with Gasteiger partial charge in [0, 0.05) is 24.2 Å². The average Bonchev–Trinajstić information content (AvgIpc) is 2.53. The molecular formula is C17H26N2O3S. The van der Waals surface area contributed by atoms with E-state index in [2.05, 4.69) is 23.5 Å². The van der Waals surface area contributed by atoms with E-state index in [9.17, 15) is 13.2 Å². The van der Waals surface area contributed by atoms with E-state index in [1.165, 1.54) is 31.9 Å². The van der Waals surface area contributed by atoms with Gasteiger partial charge in [0.15, 0.2) is 5.78 Å². The topological polar surface area (TPSA) is 66.5 Å². The molecule has 2 rings (SSSR count). The van der Waals surface area contributed by atoms with Crippen LogP contribution in [-0.2, 0) is 10.0 Å². The van der Waals surface area contributed by atoms with Gasteiger partial charge in [-0.05, 0) is 52.3 Å². The number of nitrogens with one attached hydrogen (secondary N) is 1. The number of carbonyl (C=O) groups excluding carboxylic acids is 1. The van der Waals surface area contributed by atoms with Crippen LogP contribution in [0.5, 0.6) is 0 Å². The standard InChI is InChI=1S/C17H26N2O3S/c1-13-7-4-5-10-19(13)14(2)12-18-23(21,22)17-9-6-8-16(11-17)15(3)20/h6,8-9,11,13-14,18H,4-5,7,10,12H2,1-3H3/t13-,14+/m0/s1. The zero-order chi connectivity index (χ0) is 17.0. The van der Waals surface area contributed by atoms with Crippen LogP contribution in [-0.4, -0.2) is 44.3 Å². The second-order valence-corrected chi connectivity index (χ2v) is 8.13. The van der Waals surface area contributed by atoms with E-state index in [-0.39, 0.29) is 16.7 Å². The number of piperidine rings is 1. The van der Waals surface area contributed by atoms with Crippen LogP contribution in [0, 0.1) is 0 Å². The molecule has 0 amide bonds. The van der Waals surface area contributed by atoms with Gasteiger partial charge in [-0.2, -0.15) is 0 Å². The van der Waals surface area contributed by atoms with Crippen molar-refractivity contribution in [1.82, 2.24) is 9.62 Å². The smallest absolute Gasteiger partial charge is 0.240 e. The van der Waals surface area contributed by atoms with Crippen molar-refractivity contribution < 1.29 is 13.2 Å². The van der Waals surface area contributed by atoms with Crippen LogP contribution in [0.1, 0.15) is 50.4 Å². The largest absolute Gasteiger partial charge is 0.297 e. The maximum absolute atomic E-state index is 12.4. The Bertz CT molecular complexity index is 658. The number of nitrogens with zero attached hydrogens (tertiary/aromatic N) is 1. The van der Waals surface area contributed by atoms with Gasteiger partial charge in [0.05, 0.1) is 4.90 Å². The Kier molecular flexibility index (Phi) is 5.95. The molecule has 0 radical (unpaired) electrons. The van der Waals surface area contributed by atoms with Crippen molar-refractivity contribution in [3.05, 3.63) is 29.8 Å². The summed E-state index contributed by atoms with van der Waals surface area (Å²) in [6, 6.07) is 6.81. The molecule has 1 heterocycles. The molecule has 0 bridgehead atoms. The SMILES string of the molecule is CC(=O)c1cccc(S(=O)(=O)NC[C@@H](C)N2CCCC[C@@H]2C)c1. The molecule has 23 heavy (non-hydrogen) atoms. The van der Waals surface area contributed by atoms with Crippen molar-refractivity contribution in [3.63, 3.8) is 0 Å². The Hall–Kier alpha value is -1.24. The minimum Gasteiger partial charge on any atom is -0.297 e. The van der Waals surface area contributed by atoms with Gasteiger partial charge in [0.1, 0.15) is 0 Å². The fourth-order valence-electron chi connectivity index (χ4n) is 3.09. The summed E-state index contributed by atoms with van der Waals surface area (Å²) >= 11 is 0. The summed E-state index contributed by atoms with van der Waals surface area (Å²) in [6.07, 6.45) is 3.58. The van der Waals surface area contributed by atoms with Crippen molar-refractivity contribution in [2.75, 3.05) is 13.1 Å². The van der Waals surface area contributed by atoms with Gasteiger partial charge >= 0.3 is 0 Å². The van der Waals surface area contributed by atoms with Crippen molar-refractivity contribution in [2.45, 2.75) is 57.0 Å². The number of carbonyl (C=O) groups is 1. The number of ketones is 1. The lowest BCUT2D eigenvalue weighted by atomic mass is 10.0. The molecule has 1 aliphatic rings. The highest BCUT2D eigenvalue weighted by Gasteiger charge is 2.24. The summed E-state index contributed by atoms with van der Waals surface area (Å²) in [5.74, 6) is -0.141. The molecule has 0 aliphatic carbocycles. The number of Topliss-reactive ketones (excluding diaryl/α,β-unsaturated/α-hetero) is 1. The van der Waals surface area contributed by atoms with Gasteiger partial charge < -0.3 is 0 Å². The zero-order valence-corrected chi connectivity index (χ0v) is 14.9. The fourth-order valence-corrected chi connectivity index (χ4v) is 4.26. The Morgan fingerprint density at radius 1 is 1.39 bits per heavy atom. The van der Waals surface area contributed by atoms with Crippen molar-refractivity contribution in [1.29, 1.82) is 0 Å². The second kappa shape index (κ2) is 7.55. The summed E-state index contributed by atoms with van der Waals surface area (Å²) in [5.41, 5.74) is 0.408. The van der Waals surface area contributed by atoms with Crippen molar-refractivity contribution >= 4 is 15.8 Å². The molecule has 0 saturated carbocycles. The highest BCUT2D eigenvalue weighted by Crippen LogP contribution is 2.19. The first-order valence-corrected chi connectivity index (χ1v) is 9.66. The summed E-state index contributed by atoms with van der Waals surface area (Å²) < 4.78 is 27.5. The molecule has 6 heteroatoms. The maximum Gasteiger partial charge on any atom is 0.240 e. The summed E-state index contributed by atoms with van der Waals surface area (Å²) in [5, 5.41) is 0. The normalized spacial score (nSPS) is 21.1. The average molecular weight is 338 g/mol. The molecule has 1 aromatic rings. The molecular weight excluding hydrogens is 312 g/mol. The van der Waals surface area contributed by atoms with Crippen LogP contribution in [0.2, 0.25) is 0 Å². The number of rotatable bonds is 6. The molecule has 128 valence electrons. The van der Waals surface area contributed by atoms with E-state index < -0.39 is 10.0 Å². The predicted molar refractivity (Wildman–Crippen MR) is 91.1 cm³/mol. The maximum atomic E-state index is 12.4. The molecule has 1 fully saturated rings. The lowest BCUT2D eigenvalue weighted by Gasteiger charge is -2.38. The van der Waals surface area contributed by atoms with Gasteiger partial charge in [-0.1, -0.05) is 18.6 Å². The van der Waals surface area contributed by atoms with E-state index >= 15 is 0 Å². The second-order valence-electron chi connectivity index (χ2n) is 6.37. The third-order valence-corrected chi connectivity index (χ3v) is 5.96. The minimum absolute atomic E-state index is 0.141. The summed E-state index contributed by atoms with van der Waals surface area (Å²) in [4.78, 5) is 13.9. The quantitative estimate of drug-likeness (QED) is 0.809. The summed E-state index contributed by atoms with van der Waals surface area (Å²) in [7, 11) is -3.60. The molecule has 0 unspecified atom stereocenters. The molecule has 1 N–H and O–H groups in total. The van der Waals surface area contributed by atoms with Crippen LogP contribution in [0.4, 0.5) is 0 Å². The molecule has 2 atom stereocenters. The molecule has 1 aliphatic heterocycles. The number of sulfonamides is 1. The Balaban J connectivity index is 2.03. The van der Waals surface area contributed by atoms with Crippen LogP contribution in [0.15, 0.2) is 29.2 Å². The predicted octanol–water partition coefficient (Wildman–Crippen LogP) is 2.43. The van der Waals surface area contributed by atoms with E-state index in [1.54, 1.807) is 12.1 Å². The molecule has 1 saturated heterocycles. The van der Waals surface area contributed by atoms with Gasteiger partial charge in [0.25, 0.3) is 0 Å². The highest BCUT2D eigenvalue weighted by molar-refractivity contribution is 7.89.